The van der Waals surface area contributed by atoms with E-state index in [1.165, 1.54) is 0 Å². The highest BCUT2D eigenvalue weighted by Crippen LogP contribution is 2.22. The summed E-state index contributed by atoms with van der Waals surface area (Å²) in [6.07, 6.45) is 1.54. The van der Waals surface area contributed by atoms with Crippen molar-refractivity contribution in [1.82, 2.24) is 4.90 Å². The van der Waals surface area contributed by atoms with E-state index in [9.17, 15) is 9.59 Å². The van der Waals surface area contributed by atoms with E-state index < -0.39 is 6.04 Å². The Labute approximate surface area is 143 Å². The monoisotopic (exact) mass is 372 g/mol. The molecule has 0 aromatic heterocycles. The van der Waals surface area contributed by atoms with Crippen molar-refractivity contribution in [2.75, 3.05) is 11.9 Å². The lowest BCUT2D eigenvalue weighted by molar-refractivity contribution is -0.119. The summed E-state index contributed by atoms with van der Waals surface area (Å²) in [5.41, 5.74) is 1.35. The minimum absolute atomic E-state index is 0.0842. The van der Waals surface area contributed by atoms with E-state index in [1.54, 1.807) is 17.0 Å². The summed E-state index contributed by atoms with van der Waals surface area (Å²) in [6.45, 7) is 0.617. The predicted molar refractivity (Wildman–Crippen MR) is 93.3 cm³/mol. The first-order valence-electron chi connectivity index (χ1n) is 7.57. The predicted octanol–water partition coefficient (Wildman–Crippen LogP) is 3.69. The van der Waals surface area contributed by atoms with Crippen LogP contribution in [0.2, 0.25) is 0 Å². The van der Waals surface area contributed by atoms with Crippen LogP contribution in [0.5, 0.6) is 0 Å². The van der Waals surface area contributed by atoms with Crippen molar-refractivity contribution in [1.29, 1.82) is 0 Å². The van der Waals surface area contributed by atoms with Gasteiger partial charge in [-0.1, -0.05) is 34.1 Å². The quantitative estimate of drug-likeness (QED) is 0.892. The molecular formula is C18H17BrN2O2. The molecule has 0 radical (unpaired) electrons. The number of amides is 2. The van der Waals surface area contributed by atoms with Crippen LogP contribution in [0.3, 0.4) is 0 Å². The van der Waals surface area contributed by atoms with Crippen LogP contribution in [-0.2, 0) is 4.79 Å². The van der Waals surface area contributed by atoms with Gasteiger partial charge >= 0.3 is 0 Å². The second-order valence-corrected chi connectivity index (χ2v) is 6.43. The van der Waals surface area contributed by atoms with Gasteiger partial charge in [0.05, 0.1) is 0 Å². The highest BCUT2D eigenvalue weighted by atomic mass is 79.9. The van der Waals surface area contributed by atoms with E-state index in [0.717, 1.165) is 16.6 Å². The van der Waals surface area contributed by atoms with Gasteiger partial charge in [0.2, 0.25) is 5.91 Å². The van der Waals surface area contributed by atoms with Crippen LogP contribution in [0.4, 0.5) is 5.69 Å². The van der Waals surface area contributed by atoms with Gasteiger partial charge in [-0.3, -0.25) is 9.59 Å². The summed E-state index contributed by atoms with van der Waals surface area (Å²) in [7, 11) is 0. The Morgan fingerprint density at radius 1 is 1.04 bits per heavy atom. The molecule has 0 saturated carbocycles. The summed E-state index contributed by atoms with van der Waals surface area (Å²) >= 11 is 3.37. The molecule has 2 aromatic carbocycles. The third kappa shape index (κ3) is 3.62. The smallest absolute Gasteiger partial charge is 0.254 e. The van der Waals surface area contributed by atoms with E-state index in [0.29, 0.717) is 18.5 Å². The third-order valence-electron chi connectivity index (χ3n) is 3.95. The van der Waals surface area contributed by atoms with Crippen molar-refractivity contribution in [2.24, 2.45) is 0 Å². The zero-order valence-electron chi connectivity index (χ0n) is 12.5. The standard InChI is InChI=1S/C18H17BrN2O2/c19-14-8-10-15(11-9-14)20-17(22)16-7-4-12-21(16)18(23)13-5-2-1-3-6-13/h1-3,5-6,8-11,16H,4,7,12H2,(H,20,22). The van der Waals surface area contributed by atoms with Crippen LogP contribution in [-0.4, -0.2) is 29.3 Å². The van der Waals surface area contributed by atoms with Crippen molar-refractivity contribution < 1.29 is 9.59 Å². The summed E-state index contributed by atoms with van der Waals surface area (Å²) < 4.78 is 0.956. The summed E-state index contributed by atoms with van der Waals surface area (Å²) in [4.78, 5) is 26.8. The third-order valence-corrected chi connectivity index (χ3v) is 4.48. The van der Waals surface area contributed by atoms with Crippen molar-refractivity contribution in [3.8, 4) is 0 Å². The van der Waals surface area contributed by atoms with Gasteiger partial charge in [-0.05, 0) is 49.2 Å². The van der Waals surface area contributed by atoms with Crippen molar-refractivity contribution in [3.05, 3.63) is 64.6 Å². The molecule has 0 aliphatic carbocycles. The molecule has 0 spiro atoms. The lowest BCUT2D eigenvalue weighted by Gasteiger charge is -2.24. The van der Waals surface area contributed by atoms with E-state index >= 15 is 0 Å². The minimum atomic E-state index is -0.411. The molecule has 5 heteroatoms. The fourth-order valence-corrected chi connectivity index (χ4v) is 3.05. The number of benzene rings is 2. The first kappa shape index (κ1) is 15.7. The molecule has 1 unspecified atom stereocenters. The molecule has 1 saturated heterocycles. The number of carbonyl (C=O) groups is 2. The maximum Gasteiger partial charge on any atom is 0.254 e. The number of hydrogen-bond acceptors (Lipinski definition) is 2. The molecule has 2 amide bonds. The molecule has 3 rings (SSSR count). The number of nitrogens with one attached hydrogen (secondary N) is 1. The van der Waals surface area contributed by atoms with Crippen LogP contribution in [0, 0.1) is 0 Å². The lowest BCUT2D eigenvalue weighted by atomic mass is 10.1. The molecule has 2 aromatic rings. The number of nitrogens with zero attached hydrogens (tertiary/aromatic N) is 1. The first-order chi connectivity index (χ1) is 11.1. The molecule has 1 atom stereocenters. The zero-order chi connectivity index (χ0) is 16.2. The maximum absolute atomic E-state index is 12.6. The second-order valence-electron chi connectivity index (χ2n) is 5.52. The summed E-state index contributed by atoms with van der Waals surface area (Å²) in [6, 6.07) is 16.1. The van der Waals surface area contributed by atoms with Crippen molar-refractivity contribution >= 4 is 33.4 Å². The van der Waals surface area contributed by atoms with Crippen LogP contribution in [0.15, 0.2) is 59.1 Å². The molecule has 1 N–H and O–H groups in total. The molecule has 0 bridgehead atoms. The number of halogens is 1. The van der Waals surface area contributed by atoms with Gasteiger partial charge in [-0.15, -0.1) is 0 Å². The average molecular weight is 373 g/mol. The molecule has 1 aliphatic heterocycles. The average Bonchev–Trinajstić information content (AvgIpc) is 3.07. The van der Waals surface area contributed by atoms with Crippen LogP contribution in [0.1, 0.15) is 23.2 Å². The summed E-state index contributed by atoms with van der Waals surface area (Å²) in [5.74, 6) is -0.215. The zero-order valence-corrected chi connectivity index (χ0v) is 14.1. The Balaban J connectivity index is 1.72. The molecule has 1 fully saturated rings. The topological polar surface area (TPSA) is 49.4 Å². The Morgan fingerprint density at radius 2 is 1.74 bits per heavy atom. The highest BCUT2D eigenvalue weighted by Gasteiger charge is 2.34. The van der Waals surface area contributed by atoms with Gasteiger partial charge in [-0.2, -0.15) is 0 Å². The van der Waals surface area contributed by atoms with Gasteiger partial charge in [0.1, 0.15) is 6.04 Å². The van der Waals surface area contributed by atoms with Gasteiger partial charge < -0.3 is 10.2 Å². The Hall–Kier alpha value is -2.14. The van der Waals surface area contributed by atoms with Crippen molar-refractivity contribution in [3.63, 3.8) is 0 Å². The number of carbonyl (C=O) groups excluding carboxylic acids is 2. The van der Waals surface area contributed by atoms with Crippen LogP contribution in [0.25, 0.3) is 0 Å². The first-order valence-corrected chi connectivity index (χ1v) is 8.37. The Kier molecular flexibility index (Phi) is 4.76. The second kappa shape index (κ2) is 6.96. The van der Waals surface area contributed by atoms with Gasteiger partial charge in [-0.25, -0.2) is 0 Å². The minimum Gasteiger partial charge on any atom is -0.327 e. The van der Waals surface area contributed by atoms with Gasteiger partial charge in [0.25, 0.3) is 5.91 Å². The normalized spacial score (nSPS) is 17.1. The van der Waals surface area contributed by atoms with E-state index in [4.69, 9.17) is 0 Å². The molecular weight excluding hydrogens is 356 g/mol. The SMILES string of the molecule is O=C(Nc1ccc(Br)cc1)C1CCCN1C(=O)c1ccccc1. The van der Waals surface area contributed by atoms with E-state index in [-0.39, 0.29) is 11.8 Å². The number of likely N-dealkylation sites (tertiary alicyclic amines) is 1. The molecule has 23 heavy (non-hydrogen) atoms. The highest BCUT2D eigenvalue weighted by molar-refractivity contribution is 9.10. The lowest BCUT2D eigenvalue weighted by Crippen LogP contribution is -2.43. The fraction of sp³-hybridized carbons (Fsp3) is 0.222. The van der Waals surface area contributed by atoms with Crippen LogP contribution < -0.4 is 5.32 Å². The van der Waals surface area contributed by atoms with Crippen LogP contribution >= 0.6 is 15.9 Å². The Morgan fingerprint density at radius 3 is 2.43 bits per heavy atom. The maximum atomic E-state index is 12.6. The number of rotatable bonds is 3. The van der Waals surface area contributed by atoms with Gasteiger partial charge in [0.15, 0.2) is 0 Å². The summed E-state index contributed by atoms with van der Waals surface area (Å²) in [5, 5.41) is 2.89. The van der Waals surface area contributed by atoms with Gasteiger partial charge in [0, 0.05) is 22.3 Å². The van der Waals surface area contributed by atoms with E-state index in [2.05, 4.69) is 21.2 Å². The molecule has 1 aliphatic rings. The molecule has 118 valence electrons. The van der Waals surface area contributed by atoms with E-state index in [1.807, 2.05) is 42.5 Å². The number of hydrogen-bond donors (Lipinski definition) is 1. The molecule has 1 heterocycles. The Bertz CT molecular complexity index is 701. The number of anilines is 1. The molecule has 4 nitrogen and oxygen atoms in total. The van der Waals surface area contributed by atoms with Crippen molar-refractivity contribution in [2.45, 2.75) is 18.9 Å². The largest absolute Gasteiger partial charge is 0.327 e. The fourth-order valence-electron chi connectivity index (χ4n) is 2.79.